The molecule has 2 rings (SSSR count). The maximum atomic E-state index is 12.0. The van der Waals surface area contributed by atoms with Crippen molar-refractivity contribution in [3.8, 4) is 0 Å². The number of aromatic nitrogens is 1. The molecule has 0 radical (unpaired) electrons. The van der Waals surface area contributed by atoms with Gasteiger partial charge in [-0.3, -0.25) is 4.79 Å². The predicted octanol–water partition coefficient (Wildman–Crippen LogP) is 3.50. The first-order chi connectivity index (χ1) is 10.1. The Morgan fingerprint density at radius 1 is 1.48 bits per heavy atom. The summed E-state index contributed by atoms with van der Waals surface area (Å²) < 4.78 is 5.30. The van der Waals surface area contributed by atoms with E-state index in [0.29, 0.717) is 6.61 Å². The number of carbonyl (C=O) groups is 1. The van der Waals surface area contributed by atoms with Gasteiger partial charge < -0.3 is 9.84 Å². The minimum absolute atomic E-state index is 0.00482. The van der Waals surface area contributed by atoms with Gasteiger partial charge in [0.15, 0.2) is 0 Å². The van der Waals surface area contributed by atoms with Crippen LogP contribution >= 0.6 is 11.3 Å². The molecule has 1 aliphatic carbocycles. The number of nitrogens with zero attached hydrogens (tertiary/aromatic N) is 1. The van der Waals surface area contributed by atoms with Crippen LogP contribution in [0.2, 0.25) is 0 Å². The van der Waals surface area contributed by atoms with Crippen LogP contribution < -0.4 is 0 Å². The van der Waals surface area contributed by atoms with Crippen LogP contribution in [0.1, 0.15) is 57.4 Å². The van der Waals surface area contributed by atoms with Gasteiger partial charge in [-0.1, -0.05) is 13.3 Å². The topological polar surface area (TPSA) is 59.4 Å². The number of aliphatic hydroxyl groups is 1. The van der Waals surface area contributed by atoms with Crippen molar-refractivity contribution < 1.29 is 14.6 Å². The number of ether oxygens (including phenoxy) is 1. The number of unbranched alkanes of at least 4 members (excludes halogenated alkanes) is 1. The molecule has 0 amide bonds. The molecule has 1 aliphatic rings. The van der Waals surface area contributed by atoms with Crippen molar-refractivity contribution >= 4 is 17.3 Å². The Balaban J connectivity index is 1.84. The molecule has 0 spiro atoms. The van der Waals surface area contributed by atoms with Crippen molar-refractivity contribution in [2.45, 2.75) is 58.0 Å². The average Bonchev–Trinajstić information content (AvgIpc) is 3.02. The van der Waals surface area contributed by atoms with Gasteiger partial charge in [0.05, 0.1) is 12.5 Å². The zero-order valence-corrected chi connectivity index (χ0v) is 13.7. The predicted molar refractivity (Wildman–Crippen MR) is 83.0 cm³/mol. The molecule has 1 saturated carbocycles. The molecule has 1 aromatic heterocycles. The summed E-state index contributed by atoms with van der Waals surface area (Å²) in [6, 6.07) is 0. The van der Waals surface area contributed by atoms with Crippen LogP contribution in [-0.4, -0.2) is 22.7 Å². The molecule has 1 N–H and O–H groups in total. The summed E-state index contributed by atoms with van der Waals surface area (Å²) in [5.74, 6) is 0.115. The Bertz CT molecular complexity index is 436. The summed E-state index contributed by atoms with van der Waals surface area (Å²) >= 11 is 1.49. The number of esters is 1. The van der Waals surface area contributed by atoms with Crippen LogP contribution in [0.3, 0.4) is 0 Å². The summed E-state index contributed by atoms with van der Waals surface area (Å²) in [6.07, 6.45) is 7.00. The van der Waals surface area contributed by atoms with E-state index in [9.17, 15) is 9.90 Å². The zero-order valence-electron chi connectivity index (χ0n) is 12.9. The highest BCUT2D eigenvalue weighted by Crippen LogP contribution is 2.41. The lowest BCUT2D eigenvalue weighted by Crippen LogP contribution is -2.36. The van der Waals surface area contributed by atoms with E-state index in [4.69, 9.17) is 4.74 Å². The summed E-state index contributed by atoms with van der Waals surface area (Å²) in [7, 11) is 0. The molecule has 5 heteroatoms. The molecule has 118 valence electrons. The van der Waals surface area contributed by atoms with Gasteiger partial charge in [-0.05, 0) is 44.9 Å². The van der Waals surface area contributed by atoms with Crippen molar-refractivity contribution in [2.75, 3.05) is 6.61 Å². The molecule has 4 nitrogen and oxygen atoms in total. The van der Waals surface area contributed by atoms with Crippen LogP contribution in [-0.2, 0) is 15.1 Å². The lowest BCUT2D eigenvalue weighted by atomic mass is 9.74. The Kier molecular flexibility index (Phi) is 5.76. The third-order valence-electron chi connectivity index (χ3n) is 4.46. The van der Waals surface area contributed by atoms with Gasteiger partial charge >= 0.3 is 5.97 Å². The van der Waals surface area contributed by atoms with E-state index >= 15 is 0 Å². The average molecular weight is 311 g/mol. The van der Waals surface area contributed by atoms with Crippen LogP contribution in [0.4, 0.5) is 0 Å². The first-order valence-corrected chi connectivity index (χ1v) is 8.72. The monoisotopic (exact) mass is 311 g/mol. The Labute approximate surface area is 130 Å². The molecular weight excluding hydrogens is 286 g/mol. The molecule has 0 bridgehead atoms. The number of carbonyl (C=O) groups excluding carboxylic acids is 1. The van der Waals surface area contributed by atoms with Crippen molar-refractivity contribution in [3.05, 3.63) is 16.6 Å². The molecule has 1 fully saturated rings. The van der Waals surface area contributed by atoms with Crippen molar-refractivity contribution in [1.82, 2.24) is 4.98 Å². The van der Waals surface area contributed by atoms with Crippen LogP contribution in [0, 0.1) is 11.8 Å². The summed E-state index contributed by atoms with van der Waals surface area (Å²) in [5.41, 5.74) is -0.884. The van der Waals surface area contributed by atoms with Crippen LogP contribution in [0.5, 0.6) is 0 Å². The maximum absolute atomic E-state index is 12.0. The smallest absolute Gasteiger partial charge is 0.308 e. The molecule has 21 heavy (non-hydrogen) atoms. The van der Waals surface area contributed by atoms with E-state index in [0.717, 1.165) is 43.5 Å². The second-order valence-corrected chi connectivity index (χ2v) is 6.95. The molecule has 1 aromatic rings. The Hall–Kier alpha value is -0.940. The van der Waals surface area contributed by atoms with Gasteiger partial charge in [-0.25, -0.2) is 4.98 Å². The second-order valence-electron chi connectivity index (χ2n) is 6.05. The number of thiazole rings is 1. The third kappa shape index (κ3) is 4.04. The van der Waals surface area contributed by atoms with Crippen molar-refractivity contribution in [2.24, 2.45) is 11.8 Å². The maximum Gasteiger partial charge on any atom is 0.308 e. The van der Waals surface area contributed by atoms with E-state index in [1.54, 1.807) is 6.20 Å². The van der Waals surface area contributed by atoms with E-state index < -0.39 is 5.60 Å². The quantitative estimate of drug-likeness (QED) is 0.645. The fraction of sp³-hybridized carbons (Fsp3) is 0.750. The van der Waals surface area contributed by atoms with E-state index in [2.05, 4.69) is 11.9 Å². The van der Waals surface area contributed by atoms with E-state index in [-0.39, 0.29) is 17.8 Å². The van der Waals surface area contributed by atoms with Crippen LogP contribution in [0.25, 0.3) is 0 Å². The van der Waals surface area contributed by atoms with E-state index in [1.807, 2.05) is 12.3 Å². The third-order valence-corrected chi connectivity index (χ3v) is 5.46. The minimum Gasteiger partial charge on any atom is -0.465 e. The standard InChI is InChI=1S/C16H25NO3S/c1-3-4-10-20-14(18)12-5-7-13(8-6-12)16(2,19)15-17-9-11-21-15/h9,11-13,19H,3-8,10H2,1-2H3/t12-,13-,16-/m1/s1. The van der Waals surface area contributed by atoms with Gasteiger partial charge in [0.1, 0.15) is 10.6 Å². The first kappa shape index (κ1) is 16.4. The van der Waals surface area contributed by atoms with Gasteiger partial charge in [0.25, 0.3) is 0 Å². The SMILES string of the molecule is CCCCOC(=O)[C@H]1CC[C@H]([C@@](C)(O)c2nccs2)CC1. The van der Waals surface area contributed by atoms with Crippen LogP contribution in [0.15, 0.2) is 11.6 Å². The normalized spacial score (nSPS) is 25.3. The fourth-order valence-electron chi connectivity index (χ4n) is 2.97. The summed E-state index contributed by atoms with van der Waals surface area (Å²) in [4.78, 5) is 16.2. The Morgan fingerprint density at radius 3 is 2.76 bits per heavy atom. The second kappa shape index (κ2) is 7.36. The highest BCUT2D eigenvalue weighted by molar-refractivity contribution is 7.09. The van der Waals surface area contributed by atoms with Crippen molar-refractivity contribution in [3.63, 3.8) is 0 Å². The lowest BCUT2D eigenvalue weighted by molar-refractivity contribution is -0.151. The summed E-state index contributed by atoms with van der Waals surface area (Å²) in [5, 5.41) is 13.4. The molecule has 1 atom stereocenters. The van der Waals surface area contributed by atoms with Crippen molar-refractivity contribution in [1.29, 1.82) is 0 Å². The molecule has 0 unspecified atom stereocenters. The number of hydrogen-bond donors (Lipinski definition) is 1. The molecule has 0 saturated heterocycles. The fourth-order valence-corrected chi connectivity index (χ4v) is 3.75. The Morgan fingerprint density at radius 2 is 2.19 bits per heavy atom. The largest absolute Gasteiger partial charge is 0.465 e. The van der Waals surface area contributed by atoms with E-state index in [1.165, 1.54) is 11.3 Å². The lowest BCUT2D eigenvalue weighted by Gasteiger charge is -2.36. The highest BCUT2D eigenvalue weighted by Gasteiger charge is 2.39. The minimum atomic E-state index is -0.884. The molecule has 1 heterocycles. The number of rotatable bonds is 6. The van der Waals surface area contributed by atoms with Gasteiger partial charge in [-0.15, -0.1) is 11.3 Å². The molecular formula is C16H25NO3S. The van der Waals surface area contributed by atoms with Gasteiger partial charge in [0, 0.05) is 11.6 Å². The first-order valence-electron chi connectivity index (χ1n) is 7.84. The highest BCUT2D eigenvalue weighted by atomic mass is 32.1. The zero-order chi connectivity index (χ0) is 15.3. The number of hydrogen-bond acceptors (Lipinski definition) is 5. The van der Waals surface area contributed by atoms with Gasteiger partial charge in [-0.2, -0.15) is 0 Å². The molecule has 0 aliphatic heterocycles. The van der Waals surface area contributed by atoms with Gasteiger partial charge in [0.2, 0.25) is 0 Å². The molecule has 0 aromatic carbocycles. The summed E-state index contributed by atoms with van der Waals surface area (Å²) in [6.45, 7) is 4.46.